The number of carbonyl (C=O) groups excluding carboxylic acids is 2. The zero-order valence-corrected chi connectivity index (χ0v) is 14.7. The van der Waals surface area contributed by atoms with Crippen LogP contribution in [0.15, 0.2) is 30.3 Å². The molecule has 0 radical (unpaired) electrons. The van der Waals surface area contributed by atoms with Crippen LogP contribution in [0.2, 0.25) is 0 Å². The molecule has 110 valence electrons. The number of rotatable bonds is 6. The normalized spacial score (nSPS) is 11.3. The molecule has 1 aromatic rings. The van der Waals surface area contributed by atoms with Gasteiger partial charge in [0.2, 0.25) is 0 Å². The van der Waals surface area contributed by atoms with Crippen LogP contribution in [0, 0.1) is 12.8 Å². The van der Waals surface area contributed by atoms with Crippen molar-refractivity contribution in [2.24, 2.45) is 5.92 Å². The molecular weight excluding hydrogens is 426 g/mol. The molecule has 0 fully saturated rings. The minimum atomic E-state index is -0.591. The summed E-state index contributed by atoms with van der Waals surface area (Å²) in [5.41, 5.74) is 0.902. The van der Waals surface area contributed by atoms with Crippen LogP contribution >= 0.6 is 0 Å². The first-order valence-corrected chi connectivity index (χ1v) is 6.32. The number of amides is 1. The molecule has 1 amide bonds. The summed E-state index contributed by atoms with van der Waals surface area (Å²) < 4.78 is 5.06. The second kappa shape index (κ2) is 9.60. The minimum Gasteiger partial charge on any atom is -0.445 e. The molecular formula is C15H20NO3W-. The Morgan fingerprint density at radius 2 is 1.85 bits per heavy atom. The summed E-state index contributed by atoms with van der Waals surface area (Å²) in [7, 11) is 0. The number of ketones is 1. The number of hydrogen-bond acceptors (Lipinski definition) is 3. The standard InChI is InChI=1S/C15H20NO3.W/c1-11(2)9-14(12(3)17)16-15(18)19-10-13-7-5-4-6-8-13;/h4-8,11,14H,3,9-10H2,1-2H3,(H,16,18);/q-1;/t14-;/m0./s1. The number of carbonyl (C=O) groups is 2. The molecule has 20 heavy (non-hydrogen) atoms. The Morgan fingerprint density at radius 3 is 2.35 bits per heavy atom. The second-order valence-corrected chi connectivity index (χ2v) is 4.85. The Bertz CT molecular complexity index is 420. The van der Waals surface area contributed by atoms with Crippen molar-refractivity contribution in [3.8, 4) is 0 Å². The van der Waals surface area contributed by atoms with Gasteiger partial charge in [0.1, 0.15) is 6.61 Å². The Labute approximate surface area is 134 Å². The number of ether oxygens (including phenoxy) is 1. The van der Waals surface area contributed by atoms with Gasteiger partial charge < -0.3 is 21.8 Å². The van der Waals surface area contributed by atoms with Gasteiger partial charge in [-0.1, -0.05) is 44.2 Å². The third kappa shape index (κ3) is 7.34. The van der Waals surface area contributed by atoms with E-state index < -0.39 is 12.1 Å². The predicted molar refractivity (Wildman–Crippen MR) is 73.4 cm³/mol. The van der Waals surface area contributed by atoms with Crippen molar-refractivity contribution >= 4 is 11.9 Å². The molecule has 1 rings (SSSR count). The van der Waals surface area contributed by atoms with Gasteiger partial charge in [0.05, 0.1) is 6.04 Å². The van der Waals surface area contributed by atoms with Gasteiger partial charge in [-0.15, -0.1) is 0 Å². The smallest absolute Gasteiger partial charge is 0.407 e. The van der Waals surface area contributed by atoms with Gasteiger partial charge in [-0.2, -0.15) is 0 Å². The third-order valence-electron chi connectivity index (χ3n) is 2.60. The number of Topliss-reactive ketones (excluding diaryl/α,β-unsaturated/α-hetero) is 1. The zero-order chi connectivity index (χ0) is 14.3. The minimum absolute atomic E-state index is 0. The van der Waals surface area contributed by atoms with E-state index in [1.807, 2.05) is 44.2 Å². The largest absolute Gasteiger partial charge is 0.445 e. The van der Waals surface area contributed by atoms with E-state index in [1.165, 1.54) is 0 Å². The van der Waals surface area contributed by atoms with E-state index in [2.05, 4.69) is 12.2 Å². The summed E-state index contributed by atoms with van der Waals surface area (Å²) >= 11 is 0. The summed E-state index contributed by atoms with van der Waals surface area (Å²) in [5, 5.41) is 2.54. The molecule has 0 saturated heterocycles. The van der Waals surface area contributed by atoms with Gasteiger partial charge >= 0.3 is 6.09 Å². The molecule has 0 heterocycles. The van der Waals surface area contributed by atoms with Crippen molar-refractivity contribution in [3.05, 3.63) is 42.8 Å². The van der Waals surface area contributed by atoms with Gasteiger partial charge in [-0.05, 0) is 17.9 Å². The van der Waals surface area contributed by atoms with E-state index in [1.54, 1.807) is 0 Å². The molecule has 0 aliphatic rings. The Morgan fingerprint density at radius 1 is 1.25 bits per heavy atom. The van der Waals surface area contributed by atoms with Crippen molar-refractivity contribution in [1.82, 2.24) is 5.32 Å². The average molecular weight is 446 g/mol. The molecule has 0 saturated carbocycles. The summed E-state index contributed by atoms with van der Waals surface area (Å²) in [6, 6.07) is 8.79. The maximum Gasteiger partial charge on any atom is 0.407 e. The Kier molecular flexibility index (Phi) is 8.98. The van der Waals surface area contributed by atoms with Crippen molar-refractivity contribution in [1.29, 1.82) is 0 Å². The van der Waals surface area contributed by atoms with Crippen molar-refractivity contribution in [2.45, 2.75) is 32.9 Å². The number of nitrogens with one attached hydrogen (secondary N) is 1. The number of alkyl carbamates (subject to hydrolysis) is 1. The van der Waals surface area contributed by atoms with E-state index in [0.717, 1.165) is 5.56 Å². The van der Waals surface area contributed by atoms with Crippen molar-refractivity contribution in [3.63, 3.8) is 0 Å². The molecule has 1 aromatic carbocycles. The number of benzene rings is 1. The van der Waals surface area contributed by atoms with Crippen molar-refractivity contribution < 1.29 is 35.4 Å². The fourth-order valence-electron chi connectivity index (χ4n) is 1.65. The van der Waals surface area contributed by atoms with Crippen LogP contribution in [-0.2, 0) is 37.2 Å². The topological polar surface area (TPSA) is 55.4 Å². The molecule has 0 bridgehead atoms. The maximum atomic E-state index is 11.6. The van der Waals surface area contributed by atoms with E-state index in [-0.39, 0.29) is 33.5 Å². The van der Waals surface area contributed by atoms with Crippen LogP contribution in [0.25, 0.3) is 0 Å². The molecule has 0 aromatic heterocycles. The predicted octanol–water partition coefficient (Wildman–Crippen LogP) is 2.73. The van der Waals surface area contributed by atoms with Crippen LogP contribution in [0.4, 0.5) is 4.79 Å². The molecule has 0 unspecified atom stereocenters. The fraction of sp³-hybridized carbons (Fsp3) is 0.400. The molecule has 1 atom stereocenters. The van der Waals surface area contributed by atoms with E-state index >= 15 is 0 Å². The maximum absolute atomic E-state index is 11.6. The second-order valence-electron chi connectivity index (χ2n) is 4.85. The van der Waals surface area contributed by atoms with Gasteiger partial charge in [-0.3, -0.25) is 0 Å². The third-order valence-corrected chi connectivity index (χ3v) is 2.60. The Hall–Kier alpha value is -1.28. The van der Waals surface area contributed by atoms with Gasteiger partial charge in [0.15, 0.2) is 0 Å². The first-order chi connectivity index (χ1) is 8.99. The molecule has 5 heteroatoms. The van der Waals surface area contributed by atoms with Gasteiger partial charge in [0.25, 0.3) is 0 Å². The van der Waals surface area contributed by atoms with E-state index in [0.29, 0.717) is 12.3 Å². The van der Waals surface area contributed by atoms with Crippen LogP contribution in [0.3, 0.4) is 0 Å². The van der Waals surface area contributed by atoms with Crippen LogP contribution < -0.4 is 5.32 Å². The molecule has 0 aliphatic heterocycles. The summed E-state index contributed by atoms with van der Waals surface area (Å²) in [6.45, 7) is 7.50. The summed E-state index contributed by atoms with van der Waals surface area (Å²) in [5.74, 6) is -0.00418. The fourth-order valence-corrected chi connectivity index (χ4v) is 1.65. The van der Waals surface area contributed by atoms with Gasteiger partial charge in [-0.25, -0.2) is 4.79 Å². The molecule has 1 N–H and O–H groups in total. The zero-order valence-electron chi connectivity index (χ0n) is 11.8. The molecule has 4 nitrogen and oxygen atoms in total. The summed E-state index contributed by atoms with van der Waals surface area (Å²) in [4.78, 5) is 22.9. The first-order valence-electron chi connectivity index (χ1n) is 6.32. The van der Waals surface area contributed by atoms with Crippen molar-refractivity contribution in [2.75, 3.05) is 0 Å². The summed E-state index contributed by atoms with van der Waals surface area (Å²) in [6.07, 6.45) is -0.0329. The number of hydrogen-bond donors (Lipinski definition) is 1. The molecule has 0 spiro atoms. The SMILES string of the molecule is [CH2-]C(=O)[C@H](CC(C)C)NC(=O)OCc1ccccc1.[W]. The van der Waals surface area contributed by atoms with Gasteiger partial charge in [0, 0.05) is 26.8 Å². The van der Waals surface area contributed by atoms with Crippen LogP contribution in [0.1, 0.15) is 25.8 Å². The molecule has 0 aliphatic carbocycles. The van der Waals surface area contributed by atoms with E-state index in [9.17, 15) is 9.59 Å². The van der Waals surface area contributed by atoms with E-state index in [4.69, 9.17) is 4.74 Å². The average Bonchev–Trinajstić information content (AvgIpc) is 2.36. The Balaban J connectivity index is 0.00000361. The monoisotopic (exact) mass is 446 g/mol. The van der Waals surface area contributed by atoms with Crippen LogP contribution in [-0.4, -0.2) is 17.9 Å². The van der Waals surface area contributed by atoms with Crippen LogP contribution in [0.5, 0.6) is 0 Å². The first kappa shape index (κ1) is 18.7. The quantitative estimate of drug-likeness (QED) is 0.685.